The Kier molecular flexibility index (Phi) is 4.93. The molecule has 0 aliphatic carbocycles. The van der Waals surface area contributed by atoms with E-state index in [9.17, 15) is 4.21 Å². The third kappa shape index (κ3) is 3.90. The minimum absolute atomic E-state index is 0.306. The summed E-state index contributed by atoms with van der Waals surface area (Å²) in [4.78, 5) is 0. The largest absolute Gasteiger partial charge is 0.285 e. The Labute approximate surface area is 118 Å². The lowest BCUT2D eigenvalue weighted by Crippen LogP contribution is -2.74. The number of aryl methyl sites for hydroxylation is 1. The molecule has 5 heteroatoms. The molecule has 0 fully saturated rings. The standard InChI is InChI=1S/C12H15BrClNOS/c1-8-5-6-10(14)9(11(8)13)7-15-17(16)12(2,3)4/h5-7H,1-4H3/p+1/b15-7+. The summed E-state index contributed by atoms with van der Waals surface area (Å²) in [6, 6.07) is 3.76. The lowest BCUT2D eigenvalue weighted by molar-refractivity contribution is -0.252. The quantitative estimate of drug-likeness (QED) is 0.825. The second kappa shape index (κ2) is 5.63. The molecule has 0 aliphatic heterocycles. The average Bonchev–Trinajstić information content (AvgIpc) is 2.22. The summed E-state index contributed by atoms with van der Waals surface area (Å²) < 4.78 is 15.3. The van der Waals surface area contributed by atoms with E-state index in [0.717, 1.165) is 15.6 Å². The molecule has 1 unspecified atom stereocenters. The van der Waals surface area contributed by atoms with Crippen molar-refractivity contribution in [3.05, 3.63) is 32.8 Å². The van der Waals surface area contributed by atoms with Gasteiger partial charge in [-0.3, -0.25) is 0 Å². The Balaban J connectivity index is 3.08. The van der Waals surface area contributed by atoms with Crippen molar-refractivity contribution in [1.82, 2.24) is 0 Å². The monoisotopic (exact) mass is 336 g/mol. The molecule has 0 radical (unpaired) electrons. The van der Waals surface area contributed by atoms with Crippen molar-refractivity contribution in [3.8, 4) is 0 Å². The van der Waals surface area contributed by atoms with E-state index in [1.54, 1.807) is 6.21 Å². The van der Waals surface area contributed by atoms with Crippen LogP contribution in [-0.4, -0.2) is 15.2 Å². The van der Waals surface area contributed by atoms with Crippen LogP contribution < -0.4 is 4.40 Å². The van der Waals surface area contributed by atoms with Crippen molar-refractivity contribution < 1.29 is 8.61 Å². The van der Waals surface area contributed by atoms with E-state index in [0.29, 0.717) is 5.02 Å². The smallest absolute Gasteiger partial charge is 0.186 e. The molecule has 94 valence electrons. The molecule has 0 aliphatic rings. The van der Waals surface area contributed by atoms with Crippen LogP contribution in [0.4, 0.5) is 0 Å². The molecule has 1 aromatic carbocycles. The topological polar surface area (TPSA) is 31.0 Å². The zero-order valence-corrected chi connectivity index (χ0v) is 13.5. The number of benzene rings is 1. The highest BCUT2D eigenvalue weighted by atomic mass is 79.9. The highest BCUT2D eigenvalue weighted by molar-refractivity contribution is 9.10. The van der Waals surface area contributed by atoms with Crippen molar-refractivity contribution in [2.45, 2.75) is 32.4 Å². The lowest BCUT2D eigenvalue weighted by atomic mass is 10.1. The van der Waals surface area contributed by atoms with Gasteiger partial charge in [0.2, 0.25) is 0 Å². The Morgan fingerprint density at radius 3 is 2.53 bits per heavy atom. The van der Waals surface area contributed by atoms with Crippen LogP contribution in [0.3, 0.4) is 0 Å². The summed E-state index contributed by atoms with van der Waals surface area (Å²) in [5.74, 6) is 0. The Hall–Kier alpha value is -0.190. The van der Waals surface area contributed by atoms with Crippen molar-refractivity contribution in [2.75, 3.05) is 0 Å². The Morgan fingerprint density at radius 1 is 1.41 bits per heavy atom. The molecule has 0 heterocycles. The summed E-state index contributed by atoms with van der Waals surface area (Å²) in [5.41, 5.74) is 1.91. The molecular weight excluding hydrogens is 322 g/mol. The fourth-order valence-electron chi connectivity index (χ4n) is 1.10. The molecule has 0 spiro atoms. The maximum atomic E-state index is 11.9. The van der Waals surface area contributed by atoms with Crippen LogP contribution in [0.2, 0.25) is 5.02 Å². The van der Waals surface area contributed by atoms with Gasteiger partial charge in [0, 0.05) is 4.47 Å². The van der Waals surface area contributed by atoms with Crippen molar-refractivity contribution in [3.63, 3.8) is 0 Å². The highest BCUT2D eigenvalue weighted by Gasteiger charge is 2.24. The molecule has 1 rings (SSSR count). The van der Waals surface area contributed by atoms with E-state index in [1.165, 1.54) is 0 Å². The number of halogens is 2. The van der Waals surface area contributed by atoms with Gasteiger partial charge in [-0.25, -0.2) is 0 Å². The van der Waals surface area contributed by atoms with Gasteiger partial charge in [-0.2, -0.15) is 8.61 Å². The zero-order chi connectivity index (χ0) is 13.2. The van der Waals surface area contributed by atoms with Gasteiger partial charge in [0.25, 0.3) is 11.0 Å². The van der Waals surface area contributed by atoms with Crippen LogP contribution in [0.5, 0.6) is 0 Å². The number of nitrogens with one attached hydrogen (secondary N) is 1. The first-order valence-corrected chi connectivity index (χ1v) is 7.51. The fourth-order valence-corrected chi connectivity index (χ4v) is 2.46. The molecular formula is C12H16BrClNOS+. The van der Waals surface area contributed by atoms with Gasteiger partial charge in [0.05, 0.1) is 15.3 Å². The Bertz CT molecular complexity index is 480. The number of hydrogen-bond donors (Lipinski definition) is 1. The average molecular weight is 338 g/mol. The molecule has 1 aromatic rings. The van der Waals surface area contributed by atoms with Crippen molar-refractivity contribution in [2.24, 2.45) is 0 Å². The first kappa shape index (κ1) is 14.9. The molecule has 0 bridgehead atoms. The van der Waals surface area contributed by atoms with Gasteiger partial charge in [0.15, 0.2) is 6.21 Å². The molecule has 17 heavy (non-hydrogen) atoms. The van der Waals surface area contributed by atoms with E-state index < -0.39 is 11.0 Å². The normalized spacial score (nSPS) is 14.2. The van der Waals surface area contributed by atoms with Crippen LogP contribution in [0.15, 0.2) is 16.6 Å². The second-order valence-corrected chi connectivity index (χ2v) is 7.93. The van der Waals surface area contributed by atoms with Crippen LogP contribution >= 0.6 is 27.5 Å². The van der Waals surface area contributed by atoms with Crippen LogP contribution in [-0.2, 0) is 11.0 Å². The number of rotatable bonds is 2. The lowest BCUT2D eigenvalue weighted by Gasteiger charge is -2.08. The van der Waals surface area contributed by atoms with Gasteiger partial charge in [-0.05, 0) is 55.3 Å². The van der Waals surface area contributed by atoms with E-state index in [1.807, 2.05) is 39.8 Å². The van der Waals surface area contributed by atoms with Crippen LogP contribution in [0.25, 0.3) is 0 Å². The molecule has 1 atom stereocenters. The Morgan fingerprint density at radius 2 is 2.00 bits per heavy atom. The zero-order valence-electron chi connectivity index (χ0n) is 10.3. The SMILES string of the molecule is Cc1ccc(Cl)c(/C=[NH+]/S(=O)C(C)(C)C)c1Br. The van der Waals surface area contributed by atoms with Gasteiger partial charge < -0.3 is 0 Å². The molecule has 0 amide bonds. The predicted octanol–water partition coefficient (Wildman–Crippen LogP) is 2.37. The third-order valence-corrected chi connectivity index (χ3v) is 5.01. The van der Waals surface area contributed by atoms with Gasteiger partial charge >= 0.3 is 0 Å². The molecule has 0 aromatic heterocycles. The van der Waals surface area contributed by atoms with Gasteiger partial charge in [-0.1, -0.05) is 17.7 Å². The summed E-state index contributed by atoms with van der Waals surface area (Å²) in [6.45, 7) is 7.73. The summed E-state index contributed by atoms with van der Waals surface area (Å²) in [6.07, 6.45) is 1.70. The molecule has 0 saturated carbocycles. The predicted molar refractivity (Wildman–Crippen MR) is 77.9 cm³/mol. The molecule has 0 saturated heterocycles. The summed E-state index contributed by atoms with van der Waals surface area (Å²) in [5, 5.41) is 0.626. The highest BCUT2D eigenvalue weighted by Crippen LogP contribution is 2.25. The van der Waals surface area contributed by atoms with Gasteiger partial charge in [-0.15, -0.1) is 0 Å². The fraction of sp³-hybridized carbons (Fsp3) is 0.417. The second-order valence-electron chi connectivity index (χ2n) is 4.74. The van der Waals surface area contributed by atoms with Crippen molar-refractivity contribution >= 4 is 44.7 Å². The van der Waals surface area contributed by atoms with Gasteiger partial charge in [0.1, 0.15) is 0 Å². The van der Waals surface area contributed by atoms with Crippen LogP contribution in [0.1, 0.15) is 31.9 Å². The summed E-state index contributed by atoms with van der Waals surface area (Å²) in [7, 11) is -1.15. The van der Waals surface area contributed by atoms with E-state index in [-0.39, 0.29) is 4.75 Å². The van der Waals surface area contributed by atoms with Crippen molar-refractivity contribution in [1.29, 1.82) is 0 Å². The maximum Gasteiger partial charge on any atom is 0.285 e. The van der Waals surface area contributed by atoms with Crippen LogP contribution in [0, 0.1) is 6.92 Å². The van der Waals surface area contributed by atoms with E-state index in [4.69, 9.17) is 11.6 Å². The minimum Gasteiger partial charge on any atom is -0.186 e. The van der Waals surface area contributed by atoms with E-state index >= 15 is 0 Å². The maximum absolute atomic E-state index is 11.9. The first-order valence-electron chi connectivity index (χ1n) is 5.19. The number of hydrogen-bond acceptors (Lipinski definition) is 1. The minimum atomic E-state index is -1.15. The molecule has 2 nitrogen and oxygen atoms in total. The van der Waals surface area contributed by atoms with E-state index in [2.05, 4.69) is 20.3 Å². The molecule has 1 N–H and O–H groups in total. The summed E-state index contributed by atoms with van der Waals surface area (Å²) >= 11 is 9.58. The first-order chi connectivity index (χ1) is 7.73. The third-order valence-electron chi connectivity index (χ3n) is 2.19.